The summed E-state index contributed by atoms with van der Waals surface area (Å²) in [6.45, 7) is 1.32. The van der Waals surface area contributed by atoms with Gasteiger partial charge in [0.05, 0.1) is 11.6 Å². The molecule has 1 aromatic carbocycles. The second-order valence-electron chi connectivity index (χ2n) is 7.33. The molecule has 0 bridgehead atoms. The molecule has 0 radical (unpaired) electrons. The molecule has 3 rings (SSSR count). The van der Waals surface area contributed by atoms with Crippen molar-refractivity contribution < 1.29 is 4.79 Å². The number of guanidine groups is 1. The van der Waals surface area contributed by atoms with Crippen molar-refractivity contribution in [1.29, 1.82) is 0 Å². The van der Waals surface area contributed by atoms with Gasteiger partial charge in [-0.25, -0.2) is 0 Å². The molecule has 0 aliphatic heterocycles. The second kappa shape index (κ2) is 10.9. The molecule has 1 heterocycles. The van der Waals surface area contributed by atoms with Gasteiger partial charge < -0.3 is 20.1 Å². The van der Waals surface area contributed by atoms with E-state index in [-0.39, 0.29) is 35.8 Å². The number of carbonyl (C=O) groups excluding carboxylic acids is 1. The van der Waals surface area contributed by atoms with E-state index in [1.807, 2.05) is 60.1 Å². The predicted octanol–water partition coefficient (Wildman–Crippen LogP) is 4.24. The van der Waals surface area contributed by atoms with Crippen LogP contribution in [0.4, 0.5) is 5.69 Å². The number of rotatable bonds is 6. The standard InChI is InChI=1S/C21H28ClN5O.HI/c1-23-21(27(3)14-19-11-17(22)13-26(19)2)24-12-15-6-4-9-18(10-15)25-20(28)16-7-5-8-16;/h4,6,9-11,13,16H,5,7-8,12,14H2,1-3H3,(H,23,24)(H,25,28);1H. The Labute approximate surface area is 194 Å². The summed E-state index contributed by atoms with van der Waals surface area (Å²) in [6, 6.07) is 9.90. The lowest BCUT2D eigenvalue weighted by atomic mass is 9.85. The number of carbonyl (C=O) groups is 1. The quantitative estimate of drug-likeness (QED) is 0.334. The highest BCUT2D eigenvalue weighted by Crippen LogP contribution is 2.27. The first-order chi connectivity index (χ1) is 13.5. The molecule has 29 heavy (non-hydrogen) atoms. The number of nitrogens with one attached hydrogen (secondary N) is 2. The minimum absolute atomic E-state index is 0. The average Bonchev–Trinajstić information content (AvgIpc) is 2.91. The number of benzene rings is 1. The molecule has 8 heteroatoms. The van der Waals surface area contributed by atoms with Crippen LogP contribution in [0.25, 0.3) is 0 Å². The van der Waals surface area contributed by atoms with Gasteiger partial charge in [-0.2, -0.15) is 0 Å². The Balaban J connectivity index is 0.00000300. The lowest BCUT2D eigenvalue weighted by molar-refractivity contribution is -0.122. The zero-order chi connectivity index (χ0) is 20.1. The topological polar surface area (TPSA) is 61.7 Å². The van der Waals surface area contributed by atoms with Crippen molar-refractivity contribution in [2.75, 3.05) is 19.4 Å². The van der Waals surface area contributed by atoms with E-state index >= 15 is 0 Å². The van der Waals surface area contributed by atoms with Crippen LogP contribution in [0.5, 0.6) is 0 Å². The molecule has 6 nitrogen and oxygen atoms in total. The number of aromatic nitrogens is 1. The SMILES string of the molecule is CN=C(NCc1cccc(NC(=O)C2CCC2)c1)N(C)Cc1cc(Cl)cn1C.I. The van der Waals surface area contributed by atoms with Crippen LogP contribution in [0.3, 0.4) is 0 Å². The summed E-state index contributed by atoms with van der Waals surface area (Å²) < 4.78 is 2.01. The van der Waals surface area contributed by atoms with Crippen LogP contribution < -0.4 is 10.6 Å². The molecular weight excluding hydrogens is 501 g/mol. The van der Waals surface area contributed by atoms with E-state index in [1.54, 1.807) is 7.05 Å². The molecule has 158 valence electrons. The van der Waals surface area contributed by atoms with Gasteiger partial charge in [-0.1, -0.05) is 30.2 Å². The molecule has 0 spiro atoms. The number of amides is 1. The molecule has 0 saturated heterocycles. The molecule has 2 N–H and O–H groups in total. The summed E-state index contributed by atoms with van der Waals surface area (Å²) in [4.78, 5) is 18.6. The third kappa shape index (κ3) is 6.37. The molecule has 1 aliphatic carbocycles. The van der Waals surface area contributed by atoms with Crippen LogP contribution >= 0.6 is 35.6 Å². The first-order valence-corrected chi connectivity index (χ1v) is 9.96. The Morgan fingerprint density at radius 1 is 1.34 bits per heavy atom. The fraction of sp³-hybridized carbons (Fsp3) is 0.429. The van der Waals surface area contributed by atoms with Crippen molar-refractivity contribution in [2.45, 2.75) is 32.4 Å². The Morgan fingerprint density at radius 2 is 2.10 bits per heavy atom. The summed E-state index contributed by atoms with van der Waals surface area (Å²) >= 11 is 6.07. The number of aryl methyl sites for hydroxylation is 1. The highest BCUT2D eigenvalue weighted by Gasteiger charge is 2.25. The summed E-state index contributed by atoms with van der Waals surface area (Å²) in [5.74, 6) is 1.11. The van der Waals surface area contributed by atoms with Crippen LogP contribution in [0.15, 0.2) is 41.5 Å². The fourth-order valence-corrected chi connectivity index (χ4v) is 3.55. The summed E-state index contributed by atoms with van der Waals surface area (Å²) in [5.41, 5.74) is 3.04. The van der Waals surface area contributed by atoms with Crippen molar-refractivity contribution in [3.63, 3.8) is 0 Å². The monoisotopic (exact) mass is 529 g/mol. The number of nitrogens with zero attached hydrogens (tertiary/aromatic N) is 3. The normalized spacial score (nSPS) is 14.0. The summed E-state index contributed by atoms with van der Waals surface area (Å²) in [6.07, 6.45) is 5.05. The summed E-state index contributed by atoms with van der Waals surface area (Å²) in [5, 5.41) is 7.14. The second-order valence-corrected chi connectivity index (χ2v) is 7.77. The van der Waals surface area contributed by atoms with E-state index in [2.05, 4.69) is 15.6 Å². The van der Waals surface area contributed by atoms with Gasteiger partial charge >= 0.3 is 0 Å². The number of hydrogen-bond donors (Lipinski definition) is 2. The van der Waals surface area contributed by atoms with E-state index in [9.17, 15) is 4.79 Å². The Hall–Kier alpha value is -1.74. The van der Waals surface area contributed by atoms with Crippen molar-refractivity contribution >= 4 is 53.1 Å². The Morgan fingerprint density at radius 3 is 2.69 bits per heavy atom. The van der Waals surface area contributed by atoms with Gasteiger partial charge in [0.25, 0.3) is 0 Å². The third-order valence-electron chi connectivity index (χ3n) is 5.17. The first kappa shape index (κ1) is 23.5. The van der Waals surface area contributed by atoms with Gasteiger partial charge in [-0.05, 0) is 36.6 Å². The van der Waals surface area contributed by atoms with Crippen molar-refractivity contribution in [3.8, 4) is 0 Å². The maximum atomic E-state index is 12.1. The molecule has 1 fully saturated rings. The lowest BCUT2D eigenvalue weighted by Crippen LogP contribution is -2.38. The van der Waals surface area contributed by atoms with Crippen molar-refractivity contribution in [2.24, 2.45) is 18.0 Å². The maximum Gasteiger partial charge on any atom is 0.227 e. The smallest absolute Gasteiger partial charge is 0.227 e. The molecule has 2 aromatic rings. The molecule has 0 atom stereocenters. The minimum Gasteiger partial charge on any atom is -0.352 e. The zero-order valence-corrected chi connectivity index (χ0v) is 20.2. The van der Waals surface area contributed by atoms with Crippen LogP contribution in [0.1, 0.15) is 30.5 Å². The van der Waals surface area contributed by atoms with Gasteiger partial charge in [-0.3, -0.25) is 9.79 Å². The van der Waals surface area contributed by atoms with E-state index < -0.39 is 0 Å². The van der Waals surface area contributed by atoms with Crippen molar-refractivity contribution in [1.82, 2.24) is 14.8 Å². The van der Waals surface area contributed by atoms with Crippen molar-refractivity contribution in [3.05, 3.63) is 52.8 Å². The van der Waals surface area contributed by atoms with Gasteiger partial charge in [0, 0.05) is 51.2 Å². The third-order valence-corrected chi connectivity index (χ3v) is 5.37. The zero-order valence-electron chi connectivity index (χ0n) is 17.1. The van der Waals surface area contributed by atoms with Crippen LogP contribution in [-0.2, 0) is 24.9 Å². The van der Waals surface area contributed by atoms with E-state index in [1.165, 1.54) is 0 Å². The molecule has 1 saturated carbocycles. The number of anilines is 1. The first-order valence-electron chi connectivity index (χ1n) is 9.58. The van der Waals surface area contributed by atoms with E-state index in [0.717, 1.165) is 47.2 Å². The number of halogens is 2. The lowest BCUT2D eigenvalue weighted by Gasteiger charge is -2.24. The Bertz CT molecular complexity index is 863. The molecule has 0 unspecified atom stereocenters. The summed E-state index contributed by atoms with van der Waals surface area (Å²) in [7, 11) is 5.74. The number of aliphatic imine (C=N–C) groups is 1. The van der Waals surface area contributed by atoms with Crippen LogP contribution in [0, 0.1) is 5.92 Å². The molecular formula is C21H29ClIN5O. The predicted molar refractivity (Wildman–Crippen MR) is 130 cm³/mol. The van der Waals surface area contributed by atoms with Crippen LogP contribution in [0.2, 0.25) is 5.02 Å². The minimum atomic E-state index is 0. The molecule has 1 aromatic heterocycles. The highest BCUT2D eigenvalue weighted by atomic mass is 127. The van der Waals surface area contributed by atoms with E-state index in [0.29, 0.717) is 13.1 Å². The molecule has 1 amide bonds. The van der Waals surface area contributed by atoms with Gasteiger partial charge in [-0.15, -0.1) is 24.0 Å². The highest BCUT2D eigenvalue weighted by molar-refractivity contribution is 14.0. The number of hydrogen-bond acceptors (Lipinski definition) is 2. The Kier molecular flexibility index (Phi) is 8.82. The molecule has 1 aliphatic rings. The van der Waals surface area contributed by atoms with Crippen LogP contribution in [-0.4, -0.2) is 35.4 Å². The van der Waals surface area contributed by atoms with Gasteiger partial charge in [0.2, 0.25) is 5.91 Å². The maximum absolute atomic E-state index is 12.1. The average molecular weight is 530 g/mol. The van der Waals surface area contributed by atoms with Gasteiger partial charge in [0.1, 0.15) is 0 Å². The van der Waals surface area contributed by atoms with E-state index in [4.69, 9.17) is 11.6 Å². The largest absolute Gasteiger partial charge is 0.352 e. The van der Waals surface area contributed by atoms with Gasteiger partial charge in [0.15, 0.2) is 5.96 Å². The fourth-order valence-electron chi connectivity index (χ4n) is 3.28.